The summed E-state index contributed by atoms with van der Waals surface area (Å²) in [7, 11) is 0. The Labute approximate surface area is 92.6 Å². The van der Waals surface area contributed by atoms with Crippen LogP contribution < -0.4 is 0 Å². The van der Waals surface area contributed by atoms with Gasteiger partial charge in [0.05, 0.1) is 5.92 Å². The van der Waals surface area contributed by atoms with Crippen LogP contribution in [0.3, 0.4) is 0 Å². The molecule has 88 valence electrons. The molecule has 6 heteroatoms. The summed E-state index contributed by atoms with van der Waals surface area (Å²) in [5.74, 6) is -0.164. The molecule has 0 aromatic rings. The van der Waals surface area contributed by atoms with E-state index in [1.54, 1.807) is 6.08 Å². The molecule has 2 aliphatic rings. The lowest BCUT2D eigenvalue weighted by Crippen LogP contribution is -2.62. The molecule has 0 saturated heterocycles. The summed E-state index contributed by atoms with van der Waals surface area (Å²) in [6, 6.07) is 0. The van der Waals surface area contributed by atoms with Gasteiger partial charge in [-0.1, -0.05) is 12.2 Å². The van der Waals surface area contributed by atoms with Gasteiger partial charge in [0, 0.05) is 30.1 Å². The monoisotopic (exact) mass is 226 g/mol. The lowest BCUT2D eigenvalue weighted by Gasteiger charge is -2.33. The van der Waals surface area contributed by atoms with E-state index in [4.69, 9.17) is 0 Å². The van der Waals surface area contributed by atoms with Crippen LogP contribution >= 0.6 is 0 Å². The van der Waals surface area contributed by atoms with E-state index < -0.39 is 20.9 Å². The zero-order valence-electron chi connectivity index (χ0n) is 9.25. The summed E-state index contributed by atoms with van der Waals surface area (Å²) in [5, 5.41) is 22.4. The number of rotatable bonds is 3. The molecule has 1 fully saturated rings. The molecule has 2 bridgehead atoms. The highest BCUT2D eigenvalue weighted by Crippen LogP contribution is 2.53. The summed E-state index contributed by atoms with van der Waals surface area (Å²) in [6.07, 6.45) is 4.69. The van der Waals surface area contributed by atoms with Gasteiger partial charge in [0.1, 0.15) is 0 Å². The van der Waals surface area contributed by atoms with E-state index >= 15 is 0 Å². The largest absolute Gasteiger partial charge is 0.296 e. The fourth-order valence-corrected chi connectivity index (χ4v) is 3.13. The Morgan fingerprint density at radius 3 is 2.25 bits per heavy atom. The average molecular weight is 226 g/mol. The standard InChI is InChI=1S/C10H14N2O4/c1-9(2,11(13)14)10(12(15)16)6-7-3-4-8(10)5-7/h3-4,7-8H,5-6H2,1-2H3/t7-,8+,10-/m1/s1. The van der Waals surface area contributed by atoms with Gasteiger partial charge in [-0.15, -0.1) is 0 Å². The molecular formula is C10H14N2O4. The van der Waals surface area contributed by atoms with Crippen molar-refractivity contribution in [1.29, 1.82) is 0 Å². The predicted molar refractivity (Wildman–Crippen MR) is 56.2 cm³/mol. The maximum atomic E-state index is 11.3. The highest BCUT2D eigenvalue weighted by molar-refractivity contribution is 5.21. The summed E-state index contributed by atoms with van der Waals surface area (Å²) in [6.45, 7) is 2.73. The Morgan fingerprint density at radius 1 is 1.31 bits per heavy atom. The van der Waals surface area contributed by atoms with Gasteiger partial charge in [-0.05, 0) is 12.3 Å². The van der Waals surface area contributed by atoms with Crippen molar-refractivity contribution in [1.82, 2.24) is 0 Å². The van der Waals surface area contributed by atoms with Crippen LogP contribution in [0.5, 0.6) is 0 Å². The van der Waals surface area contributed by atoms with E-state index in [0.29, 0.717) is 6.42 Å². The SMILES string of the molecule is CC(C)([N+](=O)[O-])[C@@]1([N+](=O)[O-])C[C@@H]2C=C[C@H]1C2. The lowest BCUT2D eigenvalue weighted by atomic mass is 9.71. The molecule has 0 aromatic heterocycles. The van der Waals surface area contributed by atoms with Gasteiger partial charge < -0.3 is 0 Å². The van der Waals surface area contributed by atoms with Gasteiger partial charge in [0.15, 0.2) is 0 Å². The summed E-state index contributed by atoms with van der Waals surface area (Å²) < 4.78 is 0. The minimum absolute atomic E-state index is 0.134. The predicted octanol–water partition coefficient (Wildman–Crippen LogP) is 1.65. The average Bonchev–Trinajstić information content (AvgIpc) is 2.76. The van der Waals surface area contributed by atoms with Crippen LogP contribution in [0.1, 0.15) is 26.7 Å². The Bertz CT molecular complexity index is 390. The minimum Gasteiger partial charge on any atom is -0.264 e. The second-order valence-electron chi connectivity index (χ2n) is 5.19. The Balaban J connectivity index is 2.50. The normalized spacial score (nSPS) is 36.6. The smallest absolute Gasteiger partial charge is 0.264 e. The van der Waals surface area contributed by atoms with Crippen molar-refractivity contribution in [3.05, 3.63) is 32.4 Å². The summed E-state index contributed by atoms with van der Waals surface area (Å²) in [5.41, 5.74) is -2.96. The molecule has 6 nitrogen and oxygen atoms in total. The van der Waals surface area contributed by atoms with Crippen molar-refractivity contribution < 1.29 is 9.85 Å². The highest BCUT2D eigenvalue weighted by atomic mass is 16.6. The first kappa shape index (κ1) is 11.0. The number of nitrogens with zero attached hydrogens (tertiary/aromatic N) is 2. The van der Waals surface area contributed by atoms with E-state index in [2.05, 4.69) is 0 Å². The van der Waals surface area contributed by atoms with E-state index in [0.717, 1.165) is 0 Å². The first-order valence-corrected chi connectivity index (χ1v) is 5.29. The highest BCUT2D eigenvalue weighted by Gasteiger charge is 2.72. The molecule has 0 amide bonds. The molecule has 0 radical (unpaired) electrons. The number of hydrogen-bond acceptors (Lipinski definition) is 4. The maximum absolute atomic E-state index is 11.3. The molecular weight excluding hydrogens is 212 g/mol. The third-order valence-electron chi connectivity index (χ3n) is 4.20. The zero-order valence-corrected chi connectivity index (χ0v) is 9.25. The van der Waals surface area contributed by atoms with Crippen molar-refractivity contribution in [2.75, 3.05) is 0 Å². The molecule has 1 saturated carbocycles. The third kappa shape index (κ3) is 1.07. The number of fused-ring (bicyclic) bond motifs is 2. The number of hydrogen-bond donors (Lipinski definition) is 0. The Morgan fingerprint density at radius 2 is 1.94 bits per heavy atom. The van der Waals surface area contributed by atoms with Crippen LogP contribution in [-0.2, 0) is 0 Å². The van der Waals surface area contributed by atoms with E-state index in [9.17, 15) is 20.2 Å². The van der Waals surface area contributed by atoms with E-state index in [-0.39, 0.29) is 18.3 Å². The van der Waals surface area contributed by atoms with E-state index in [1.165, 1.54) is 13.8 Å². The van der Waals surface area contributed by atoms with Crippen LogP contribution in [0, 0.1) is 32.1 Å². The summed E-state index contributed by atoms with van der Waals surface area (Å²) >= 11 is 0. The first-order valence-electron chi connectivity index (χ1n) is 5.29. The Hall–Kier alpha value is -1.46. The fourth-order valence-electron chi connectivity index (χ4n) is 3.13. The van der Waals surface area contributed by atoms with Crippen molar-refractivity contribution >= 4 is 0 Å². The second-order valence-corrected chi connectivity index (χ2v) is 5.19. The molecule has 0 unspecified atom stereocenters. The molecule has 3 atom stereocenters. The second kappa shape index (κ2) is 3.02. The van der Waals surface area contributed by atoms with E-state index in [1.807, 2.05) is 6.08 Å². The number of allylic oxidation sites excluding steroid dienone is 1. The topological polar surface area (TPSA) is 86.3 Å². The quantitative estimate of drug-likeness (QED) is 0.416. The number of nitro groups is 2. The molecule has 0 heterocycles. The molecule has 0 aromatic carbocycles. The van der Waals surface area contributed by atoms with Gasteiger partial charge in [-0.3, -0.25) is 20.2 Å². The van der Waals surface area contributed by atoms with Gasteiger partial charge in [0.2, 0.25) is 0 Å². The van der Waals surface area contributed by atoms with Crippen LogP contribution in [0.15, 0.2) is 12.2 Å². The molecule has 0 aliphatic heterocycles. The zero-order chi connectivity index (χ0) is 12.1. The van der Waals surface area contributed by atoms with Crippen molar-refractivity contribution in [2.45, 2.75) is 37.8 Å². The molecule has 0 spiro atoms. The van der Waals surface area contributed by atoms with Crippen LogP contribution in [0.25, 0.3) is 0 Å². The van der Waals surface area contributed by atoms with Gasteiger partial charge >= 0.3 is 0 Å². The molecule has 0 N–H and O–H groups in total. The minimum atomic E-state index is -1.53. The van der Waals surface area contributed by atoms with Gasteiger partial charge in [0.25, 0.3) is 11.1 Å². The molecule has 2 rings (SSSR count). The van der Waals surface area contributed by atoms with Crippen molar-refractivity contribution in [3.63, 3.8) is 0 Å². The van der Waals surface area contributed by atoms with Gasteiger partial charge in [-0.25, -0.2) is 0 Å². The first-order chi connectivity index (χ1) is 7.32. The molecule has 16 heavy (non-hydrogen) atoms. The van der Waals surface area contributed by atoms with Crippen molar-refractivity contribution in [3.8, 4) is 0 Å². The van der Waals surface area contributed by atoms with Crippen LogP contribution in [0.2, 0.25) is 0 Å². The van der Waals surface area contributed by atoms with Crippen molar-refractivity contribution in [2.24, 2.45) is 11.8 Å². The lowest BCUT2D eigenvalue weighted by molar-refractivity contribution is -0.684. The third-order valence-corrected chi connectivity index (χ3v) is 4.20. The van der Waals surface area contributed by atoms with Gasteiger partial charge in [-0.2, -0.15) is 0 Å². The Kier molecular flexibility index (Phi) is 2.09. The van der Waals surface area contributed by atoms with Crippen LogP contribution in [0.4, 0.5) is 0 Å². The van der Waals surface area contributed by atoms with Crippen LogP contribution in [-0.4, -0.2) is 20.9 Å². The fraction of sp³-hybridized carbons (Fsp3) is 0.800. The summed E-state index contributed by atoms with van der Waals surface area (Å²) in [4.78, 5) is 21.5. The molecule has 2 aliphatic carbocycles. The maximum Gasteiger partial charge on any atom is 0.296 e.